The van der Waals surface area contributed by atoms with Gasteiger partial charge in [0, 0.05) is 16.4 Å². The van der Waals surface area contributed by atoms with Crippen LogP contribution in [0.2, 0.25) is 0 Å². The van der Waals surface area contributed by atoms with E-state index in [1.165, 1.54) is 4.90 Å². The Hall–Kier alpha value is -1.20. The molecule has 1 N–H and O–H groups in total. The Morgan fingerprint density at radius 3 is 2.50 bits per heavy atom. The lowest BCUT2D eigenvalue weighted by molar-refractivity contribution is 0.0591. The summed E-state index contributed by atoms with van der Waals surface area (Å²) < 4.78 is 0.785. The average Bonchev–Trinajstić information content (AvgIpc) is 3.10. The first kappa shape index (κ1) is 11.9. The van der Waals surface area contributed by atoms with Crippen molar-refractivity contribution in [1.82, 2.24) is 4.90 Å². The lowest BCUT2D eigenvalue weighted by atomic mass is 10.1. The normalized spacial score (nSPS) is 20.2. The first-order valence-electron chi connectivity index (χ1n) is 5.83. The minimum absolute atomic E-state index is 0.0318. The largest absolute Gasteiger partial charge is 0.396 e. The van der Waals surface area contributed by atoms with Crippen LogP contribution < -0.4 is 0 Å². The molecule has 0 spiro atoms. The van der Waals surface area contributed by atoms with E-state index < -0.39 is 0 Å². The Labute approximate surface area is 113 Å². The zero-order valence-electron chi connectivity index (χ0n) is 9.65. The van der Waals surface area contributed by atoms with Crippen LogP contribution >= 0.6 is 15.9 Å². The molecule has 1 fully saturated rings. The topological polar surface area (TPSA) is 57.6 Å². The van der Waals surface area contributed by atoms with Crippen molar-refractivity contribution in [1.29, 1.82) is 0 Å². The number of benzene rings is 1. The maximum atomic E-state index is 12.2. The second-order valence-corrected chi connectivity index (χ2v) is 5.96. The van der Waals surface area contributed by atoms with E-state index in [-0.39, 0.29) is 23.8 Å². The van der Waals surface area contributed by atoms with Crippen molar-refractivity contribution in [3.63, 3.8) is 0 Å². The van der Waals surface area contributed by atoms with Gasteiger partial charge in [-0.2, -0.15) is 0 Å². The molecule has 2 amide bonds. The molecule has 1 heterocycles. The summed E-state index contributed by atoms with van der Waals surface area (Å²) in [6.07, 6.45) is 1.75. The fraction of sp³-hybridized carbons (Fsp3) is 0.385. The predicted octanol–water partition coefficient (Wildman–Crippen LogP) is 1.82. The van der Waals surface area contributed by atoms with Crippen molar-refractivity contribution in [3.8, 4) is 0 Å². The van der Waals surface area contributed by atoms with E-state index in [2.05, 4.69) is 15.9 Å². The number of halogens is 1. The molecule has 2 aliphatic rings. The number of nitrogens with zero attached hydrogens (tertiary/aromatic N) is 1. The monoisotopic (exact) mass is 309 g/mol. The number of rotatable bonds is 3. The number of carbonyl (C=O) groups excluding carboxylic acids is 2. The number of hydrogen-bond acceptors (Lipinski definition) is 3. The zero-order chi connectivity index (χ0) is 12.9. The van der Waals surface area contributed by atoms with Gasteiger partial charge in [-0.05, 0) is 31.0 Å². The van der Waals surface area contributed by atoms with Crippen molar-refractivity contribution in [2.45, 2.75) is 12.8 Å². The lowest BCUT2D eigenvalue weighted by Crippen LogP contribution is -2.36. The Bertz CT molecular complexity index is 551. The molecular weight excluding hydrogens is 298 g/mol. The van der Waals surface area contributed by atoms with Gasteiger partial charge in [-0.25, -0.2) is 0 Å². The number of imide groups is 1. The van der Waals surface area contributed by atoms with E-state index in [9.17, 15) is 14.7 Å². The highest BCUT2D eigenvalue weighted by atomic mass is 79.9. The van der Waals surface area contributed by atoms with Gasteiger partial charge >= 0.3 is 0 Å². The minimum Gasteiger partial charge on any atom is -0.396 e. The van der Waals surface area contributed by atoms with Gasteiger partial charge in [0.1, 0.15) is 0 Å². The third kappa shape index (κ3) is 1.69. The molecule has 0 bridgehead atoms. The van der Waals surface area contributed by atoms with Crippen LogP contribution in [0.25, 0.3) is 0 Å². The van der Waals surface area contributed by atoms with Crippen molar-refractivity contribution < 1.29 is 14.7 Å². The molecule has 3 rings (SSSR count). The summed E-state index contributed by atoms with van der Waals surface area (Å²) in [5, 5.41) is 9.29. The molecule has 0 unspecified atom stereocenters. The van der Waals surface area contributed by atoms with E-state index >= 15 is 0 Å². The highest BCUT2D eigenvalue weighted by Gasteiger charge is 2.48. The fourth-order valence-electron chi connectivity index (χ4n) is 2.28. The summed E-state index contributed by atoms with van der Waals surface area (Å²) in [7, 11) is 0. The lowest BCUT2D eigenvalue weighted by Gasteiger charge is -2.19. The third-order valence-electron chi connectivity index (χ3n) is 3.72. The molecule has 0 radical (unpaired) electrons. The van der Waals surface area contributed by atoms with E-state index in [0.29, 0.717) is 17.7 Å². The molecule has 1 aromatic carbocycles. The number of fused-ring (bicyclic) bond motifs is 1. The standard InChI is InChI=1S/C13H12BrNO3/c14-8-1-2-9-10(5-8)12(18)15(11(9)17)6-13(7-16)3-4-13/h1-2,5,16H,3-4,6-7H2. The molecule has 4 nitrogen and oxygen atoms in total. The van der Waals surface area contributed by atoms with Gasteiger partial charge in [-0.3, -0.25) is 14.5 Å². The highest BCUT2D eigenvalue weighted by Crippen LogP contribution is 2.46. The van der Waals surface area contributed by atoms with Crippen LogP contribution in [0.5, 0.6) is 0 Å². The Morgan fingerprint density at radius 2 is 1.89 bits per heavy atom. The maximum Gasteiger partial charge on any atom is 0.261 e. The van der Waals surface area contributed by atoms with E-state index in [4.69, 9.17) is 0 Å². The van der Waals surface area contributed by atoms with E-state index in [1.807, 2.05) is 0 Å². The van der Waals surface area contributed by atoms with Crippen LogP contribution in [0.3, 0.4) is 0 Å². The molecular formula is C13H12BrNO3. The van der Waals surface area contributed by atoms with Crippen LogP contribution in [-0.2, 0) is 0 Å². The summed E-state index contributed by atoms with van der Waals surface area (Å²) in [4.78, 5) is 25.6. The van der Waals surface area contributed by atoms with Crippen molar-refractivity contribution >= 4 is 27.7 Å². The smallest absolute Gasteiger partial charge is 0.261 e. The number of hydrogen-bond donors (Lipinski definition) is 1. The predicted molar refractivity (Wildman–Crippen MR) is 68.3 cm³/mol. The average molecular weight is 310 g/mol. The Morgan fingerprint density at radius 1 is 1.22 bits per heavy atom. The summed E-state index contributed by atoms with van der Waals surface area (Å²) in [6.45, 7) is 0.359. The molecule has 94 valence electrons. The molecule has 5 heteroatoms. The van der Waals surface area contributed by atoms with Gasteiger partial charge in [0.25, 0.3) is 11.8 Å². The van der Waals surface area contributed by atoms with Crippen molar-refractivity contribution in [2.24, 2.45) is 5.41 Å². The highest BCUT2D eigenvalue weighted by molar-refractivity contribution is 9.10. The molecule has 0 aromatic heterocycles. The van der Waals surface area contributed by atoms with Crippen LogP contribution in [0.1, 0.15) is 33.6 Å². The first-order chi connectivity index (χ1) is 8.56. The molecule has 1 aliphatic heterocycles. The van der Waals surface area contributed by atoms with E-state index in [1.54, 1.807) is 18.2 Å². The van der Waals surface area contributed by atoms with Crippen LogP contribution in [0.15, 0.2) is 22.7 Å². The molecule has 1 saturated carbocycles. The summed E-state index contributed by atoms with van der Waals surface area (Å²) in [5.74, 6) is -0.502. The van der Waals surface area contributed by atoms with Gasteiger partial charge in [0.15, 0.2) is 0 Å². The summed E-state index contributed by atoms with van der Waals surface area (Å²) >= 11 is 3.30. The Kier molecular flexibility index (Phi) is 2.57. The second kappa shape index (κ2) is 3.90. The quantitative estimate of drug-likeness (QED) is 0.867. The second-order valence-electron chi connectivity index (χ2n) is 5.04. The van der Waals surface area contributed by atoms with Crippen LogP contribution in [-0.4, -0.2) is 35.0 Å². The first-order valence-corrected chi connectivity index (χ1v) is 6.62. The third-order valence-corrected chi connectivity index (χ3v) is 4.21. The Balaban J connectivity index is 1.92. The van der Waals surface area contributed by atoms with Crippen molar-refractivity contribution in [3.05, 3.63) is 33.8 Å². The van der Waals surface area contributed by atoms with Gasteiger partial charge < -0.3 is 5.11 Å². The molecule has 0 atom stereocenters. The van der Waals surface area contributed by atoms with Crippen molar-refractivity contribution in [2.75, 3.05) is 13.2 Å². The van der Waals surface area contributed by atoms with E-state index in [0.717, 1.165) is 17.3 Å². The maximum absolute atomic E-state index is 12.2. The number of carbonyl (C=O) groups is 2. The number of aliphatic hydroxyl groups is 1. The number of amides is 2. The van der Waals surface area contributed by atoms with Gasteiger partial charge in [0.2, 0.25) is 0 Å². The molecule has 1 aliphatic carbocycles. The van der Waals surface area contributed by atoms with Gasteiger partial charge in [-0.15, -0.1) is 0 Å². The minimum atomic E-state index is -0.254. The summed E-state index contributed by atoms with van der Waals surface area (Å²) in [6, 6.07) is 5.10. The van der Waals surface area contributed by atoms with Gasteiger partial charge in [-0.1, -0.05) is 15.9 Å². The molecule has 1 aromatic rings. The summed E-state index contributed by atoms with van der Waals surface area (Å²) in [5.41, 5.74) is 0.657. The van der Waals surface area contributed by atoms with Crippen LogP contribution in [0.4, 0.5) is 0 Å². The SMILES string of the molecule is O=C1c2ccc(Br)cc2C(=O)N1CC1(CO)CC1. The molecule has 0 saturated heterocycles. The fourth-order valence-corrected chi connectivity index (χ4v) is 2.65. The zero-order valence-corrected chi connectivity index (χ0v) is 11.2. The number of aliphatic hydroxyl groups excluding tert-OH is 1. The van der Waals surface area contributed by atoms with Crippen LogP contribution in [0, 0.1) is 5.41 Å². The van der Waals surface area contributed by atoms with Gasteiger partial charge in [0.05, 0.1) is 17.7 Å². The molecule has 18 heavy (non-hydrogen) atoms.